The van der Waals surface area contributed by atoms with Crippen molar-refractivity contribution in [1.29, 1.82) is 0 Å². The van der Waals surface area contributed by atoms with Crippen molar-refractivity contribution < 1.29 is 28.3 Å². The van der Waals surface area contributed by atoms with E-state index >= 15 is 0 Å². The molecule has 1 saturated heterocycles. The molecule has 4 aromatic rings. The minimum Gasteiger partial charge on any atom is -0.469 e. The van der Waals surface area contributed by atoms with Crippen molar-refractivity contribution in [2.45, 2.75) is 35.6 Å². The number of ether oxygens (including phenoxy) is 3. The van der Waals surface area contributed by atoms with E-state index in [1.165, 1.54) is 7.11 Å². The monoisotopic (exact) mass is 562 g/mol. The number of benzene rings is 4. The highest BCUT2D eigenvalue weighted by Crippen LogP contribution is 2.56. The van der Waals surface area contributed by atoms with Crippen LogP contribution in [0.15, 0.2) is 121 Å². The average Bonchev–Trinajstić information content (AvgIpc) is 3.75. The van der Waals surface area contributed by atoms with Crippen LogP contribution in [0.5, 0.6) is 0 Å². The Morgan fingerprint density at radius 1 is 0.619 bits per heavy atom. The number of hydrogen-bond acceptors (Lipinski definition) is 6. The van der Waals surface area contributed by atoms with Crippen LogP contribution in [0.2, 0.25) is 5.82 Å². The molecule has 0 N–H and O–H groups in total. The standard InChI is InChI=1S/C35H35BO6/c1-38-33(37)29-24-30(29)36-41-31(34(39-2,25-16-8-4-9-17-25)26-18-10-5-11-19-26)32(42-36)35(40-3,27-20-12-6-13-21-27)28-22-14-7-15-23-28/h4-23,29-32H,24H2,1-3H3/t29-,30-,31-,32-/m1/s1. The van der Waals surface area contributed by atoms with E-state index in [9.17, 15) is 4.79 Å². The van der Waals surface area contributed by atoms with Crippen LogP contribution in [-0.2, 0) is 39.5 Å². The van der Waals surface area contributed by atoms with Gasteiger partial charge in [0, 0.05) is 20.0 Å². The van der Waals surface area contributed by atoms with Crippen molar-refractivity contribution in [3.05, 3.63) is 144 Å². The second-order valence-corrected chi connectivity index (χ2v) is 10.9. The predicted octanol–water partition coefficient (Wildman–Crippen LogP) is 6.00. The van der Waals surface area contributed by atoms with Gasteiger partial charge in [0.15, 0.2) is 0 Å². The van der Waals surface area contributed by atoms with Gasteiger partial charge in [-0.25, -0.2) is 0 Å². The average molecular weight is 562 g/mol. The highest BCUT2D eigenvalue weighted by atomic mass is 16.7. The topological polar surface area (TPSA) is 63.2 Å². The maximum atomic E-state index is 12.5. The lowest BCUT2D eigenvalue weighted by molar-refractivity contribution is -0.142. The van der Waals surface area contributed by atoms with Gasteiger partial charge in [0.25, 0.3) is 0 Å². The van der Waals surface area contributed by atoms with Crippen molar-refractivity contribution in [2.24, 2.45) is 5.92 Å². The number of carbonyl (C=O) groups excluding carboxylic acids is 1. The summed E-state index contributed by atoms with van der Waals surface area (Å²) in [5.74, 6) is -0.678. The molecule has 0 amide bonds. The van der Waals surface area contributed by atoms with E-state index in [1.807, 2.05) is 72.8 Å². The third kappa shape index (κ3) is 4.67. The van der Waals surface area contributed by atoms with E-state index in [0.717, 1.165) is 22.3 Å². The molecule has 1 aliphatic heterocycles. The SMILES string of the molecule is COC(=O)[C@@H]1C[C@H]1B1O[C@@H](C(OC)(c2ccccc2)c2ccccc2)[C@H](C(OC)(c2ccccc2)c2ccccc2)O1. The van der Waals surface area contributed by atoms with Gasteiger partial charge < -0.3 is 23.5 Å². The van der Waals surface area contributed by atoms with Crippen LogP contribution in [0, 0.1) is 5.92 Å². The highest BCUT2D eigenvalue weighted by Gasteiger charge is 2.66. The Morgan fingerprint density at radius 3 is 1.24 bits per heavy atom. The van der Waals surface area contributed by atoms with E-state index in [0.29, 0.717) is 6.42 Å². The summed E-state index contributed by atoms with van der Waals surface area (Å²) in [6, 6.07) is 40.4. The molecule has 1 saturated carbocycles. The molecule has 2 aliphatic rings. The van der Waals surface area contributed by atoms with Crippen LogP contribution < -0.4 is 0 Å². The molecule has 0 radical (unpaired) electrons. The van der Waals surface area contributed by atoms with Crippen LogP contribution in [-0.4, -0.2) is 46.6 Å². The van der Waals surface area contributed by atoms with Crippen molar-refractivity contribution in [1.82, 2.24) is 0 Å². The van der Waals surface area contributed by atoms with E-state index in [2.05, 4.69) is 48.5 Å². The van der Waals surface area contributed by atoms with Crippen LogP contribution in [0.3, 0.4) is 0 Å². The maximum absolute atomic E-state index is 12.5. The zero-order valence-electron chi connectivity index (χ0n) is 24.1. The van der Waals surface area contributed by atoms with E-state index < -0.39 is 30.5 Å². The largest absolute Gasteiger partial charge is 0.469 e. The fraction of sp³-hybridized carbons (Fsp3) is 0.286. The minimum absolute atomic E-state index is 0.146. The van der Waals surface area contributed by atoms with Gasteiger partial charge in [0.1, 0.15) is 23.4 Å². The summed E-state index contributed by atoms with van der Waals surface area (Å²) in [7, 11) is 4.16. The molecule has 6 nitrogen and oxygen atoms in total. The first kappa shape index (κ1) is 28.4. The van der Waals surface area contributed by atoms with E-state index in [1.54, 1.807) is 14.2 Å². The van der Waals surface area contributed by atoms with Crippen molar-refractivity contribution in [3.63, 3.8) is 0 Å². The molecule has 0 bridgehead atoms. The molecule has 0 aromatic heterocycles. The van der Waals surface area contributed by atoms with Crippen LogP contribution in [0.4, 0.5) is 0 Å². The van der Waals surface area contributed by atoms with Gasteiger partial charge in [0.05, 0.1) is 13.0 Å². The predicted molar refractivity (Wildman–Crippen MR) is 161 cm³/mol. The smallest absolute Gasteiger partial charge is 0.461 e. The fourth-order valence-corrected chi connectivity index (χ4v) is 6.66. The minimum atomic E-state index is -1.08. The number of esters is 1. The third-order valence-electron chi connectivity index (χ3n) is 8.79. The van der Waals surface area contributed by atoms with Gasteiger partial charge in [-0.1, -0.05) is 121 Å². The Bertz CT molecular complexity index is 1290. The van der Waals surface area contributed by atoms with Gasteiger partial charge in [-0.15, -0.1) is 0 Å². The maximum Gasteiger partial charge on any atom is 0.461 e. The summed E-state index contributed by atoms with van der Waals surface area (Å²) in [6.45, 7) is 0. The molecule has 4 atom stereocenters. The number of carbonyl (C=O) groups is 1. The van der Waals surface area contributed by atoms with Gasteiger partial charge in [-0.3, -0.25) is 4.79 Å². The first-order chi connectivity index (χ1) is 20.6. The van der Waals surface area contributed by atoms with Gasteiger partial charge in [0.2, 0.25) is 0 Å². The molecule has 0 spiro atoms. The zero-order chi connectivity index (χ0) is 29.2. The summed E-state index contributed by atoms with van der Waals surface area (Å²) >= 11 is 0. The Morgan fingerprint density at radius 2 is 0.952 bits per heavy atom. The molecule has 7 heteroatoms. The second-order valence-electron chi connectivity index (χ2n) is 10.9. The van der Waals surface area contributed by atoms with E-state index in [-0.39, 0.29) is 17.7 Å². The van der Waals surface area contributed by atoms with Gasteiger partial charge in [-0.05, 0) is 28.7 Å². The Kier molecular flexibility index (Phi) is 8.01. The quantitative estimate of drug-likeness (QED) is 0.175. The Balaban J connectivity index is 1.59. The molecule has 1 aliphatic carbocycles. The number of hydrogen-bond donors (Lipinski definition) is 0. The summed E-state index contributed by atoms with van der Waals surface area (Å²) in [5.41, 5.74) is 1.53. The molecule has 214 valence electrons. The first-order valence-corrected chi connectivity index (χ1v) is 14.3. The molecule has 0 unspecified atom stereocenters. The van der Waals surface area contributed by atoms with Crippen LogP contribution in [0.25, 0.3) is 0 Å². The first-order valence-electron chi connectivity index (χ1n) is 14.3. The third-order valence-corrected chi connectivity index (χ3v) is 8.79. The Hall–Kier alpha value is -3.75. The summed E-state index contributed by atoms with van der Waals surface area (Å²) in [5, 5.41) is 0. The normalized spacial score (nSPS) is 22.1. The molecular weight excluding hydrogens is 527 g/mol. The molecule has 2 fully saturated rings. The fourth-order valence-electron chi connectivity index (χ4n) is 6.66. The van der Waals surface area contributed by atoms with Gasteiger partial charge >= 0.3 is 13.1 Å². The molecule has 4 aromatic carbocycles. The molecule has 6 rings (SSSR count). The van der Waals surface area contributed by atoms with E-state index in [4.69, 9.17) is 23.5 Å². The lowest BCUT2D eigenvalue weighted by atomic mass is 9.71. The summed E-state index contributed by atoms with van der Waals surface area (Å²) in [4.78, 5) is 12.5. The zero-order valence-corrected chi connectivity index (χ0v) is 24.1. The molecule has 1 heterocycles. The van der Waals surface area contributed by atoms with Gasteiger partial charge in [-0.2, -0.15) is 0 Å². The van der Waals surface area contributed by atoms with Crippen molar-refractivity contribution >= 4 is 13.1 Å². The second kappa shape index (κ2) is 11.9. The lowest BCUT2D eigenvalue weighted by Gasteiger charge is -2.47. The van der Waals surface area contributed by atoms with Crippen LogP contribution in [0.1, 0.15) is 28.7 Å². The molecular formula is C35H35BO6. The number of rotatable bonds is 10. The molecule has 42 heavy (non-hydrogen) atoms. The Labute approximate surface area is 247 Å². The highest BCUT2D eigenvalue weighted by molar-refractivity contribution is 6.49. The van der Waals surface area contributed by atoms with Crippen molar-refractivity contribution in [3.8, 4) is 0 Å². The van der Waals surface area contributed by atoms with Crippen LogP contribution >= 0.6 is 0 Å². The summed E-state index contributed by atoms with van der Waals surface area (Å²) < 4.78 is 32.3. The number of methoxy groups -OCH3 is 3. The summed E-state index contributed by atoms with van der Waals surface area (Å²) in [6.07, 6.45) is -0.738. The van der Waals surface area contributed by atoms with Crippen molar-refractivity contribution in [2.75, 3.05) is 21.3 Å². The lowest BCUT2D eigenvalue weighted by Crippen LogP contribution is -2.56.